The van der Waals surface area contributed by atoms with Gasteiger partial charge in [0.2, 0.25) is 0 Å². The molecule has 4 nitrogen and oxygen atoms in total. The highest BCUT2D eigenvalue weighted by molar-refractivity contribution is 8.26. The minimum absolute atomic E-state index is 0.0381. The molecule has 1 aliphatic rings. The Bertz CT molecular complexity index is 1190. The molecular weight excluding hydrogens is 429 g/mol. The van der Waals surface area contributed by atoms with E-state index in [2.05, 4.69) is 0 Å². The highest BCUT2D eigenvalue weighted by Crippen LogP contribution is 2.36. The minimum Gasteiger partial charge on any atom is -0.290 e. The first-order valence-corrected chi connectivity index (χ1v) is 11.3. The van der Waals surface area contributed by atoms with Gasteiger partial charge in [0.1, 0.15) is 15.8 Å². The first kappa shape index (κ1) is 21.5. The van der Waals surface area contributed by atoms with Gasteiger partial charge in [-0.05, 0) is 50.1 Å². The maximum Gasteiger partial charge on any atom is 0.266 e. The average Bonchev–Trinajstić information content (AvgIpc) is 3.31. The maximum absolute atomic E-state index is 14.3. The summed E-state index contributed by atoms with van der Waals surface area (Å²) < 4.78 is 16.6. The molecule has 2 heterocycles. The Morgan fingerprint density at radius 2 is 1.97 bits per heavy atom. The van der Waals surface area contributed by atoms with Crippen LogP contribution in [0.1, 0.15) is 31.4 Å². The second kappa shape index (κ2) is 8.77. The lowest BCUT2D eigenvalue weighted by Gasteiger charge is -2.21. The fourth-order valence-electron chi connectivity index (χ4n) is 3.35. The van der Waals surface area contributed by atoms with E-state index >= 15 is 0 Å². The molecule has 2 aromatic carbocycles. The number of hydrogen-bond donors (Lipinski definition) is 0. The van der Waals surface area contributed by atoms with Crippen molar-refractivity contribution in [1.29, 1.82) is 0 Å². The summed E-state index contributed by atoms with van der Waals surface area (Å²) in [6, 6.07) is 14.8. The predicted molar refractivity (Wildman–Crippen MR) is 128 cm³/mol. The highest BCUT2D eigenvalue weighted by Gasteiger charge is 2.35. The molecule has 0 saturated carbocycles. The number of aromatic nitrogens is 2. The zero-order valence-corrected chi connectivity index (χ0v) is 19.1. The van der Waals surface area contributed by atoms with Gasteiger partial charge in [0.15, 0.2) is 0 Å². The molecule has 7 heteroatoms. The molecule has 31 heavy (non-hydrogen) atoms. The van der Waals surface area contributed by atoms with Crippen molar-refractivity contribution < 1.29 is 9.18 Å². The van der Waals surface area contributed by atoms with Crippen LogP contribution in [-0.2, 0) is 4.79 Å². The van der Waals surface area contributed by atoms with Crippen LogP contribution >= 0.6 is 24.0 Å². The third-order valence-corrected chi connectivity index (χ3v) is 6.68. The smallest absolute Gasteiger partial charge is 0.266 e. The molecule has 0 aliphatic carbocycles. The lowest BCUT2D eigenvalue weighted by atomic mass is 10.1. The topological polar surface area (TPSA) is 38.1 Å². The Labute approximate surface area is 190 Å². The van der Waals surface area contributed by atoms with Crippen molar-refractivity contribution in [2.75, 3.05) is 0 Å². The van der Waals surface area contributed by atoms with Crippen molar-refractivity contribution in [2.45, 2.75) is 33.2 Å². The Hall–Kier alpha value is -2.77. The Morgan fingerprint density at radius 3 is 2.65 bits per heavy atom. The van der Waals surface area contributed by atoms with Crippen LogP contribution in [0.5, 0.6) is 0 Å². The molecule has 3 aromatic rings. The normalized spacial score (nSPS) is 16.4. The van der Waals surface area contributed by atoms with Crippen molar-refractivity contribution in [2.24, 2.45) is 0 Å². The maximum atomic E-state index is 14.3. The number of para-hydroxylation sites is 1. The number of thiocarbonyl (C=S) groups is 1. The molecular formula is C24H22FN3OS2. The van der Waals surface area contributed by atoms with E-state index in [-0.39, 0.29) is 17.8 Å². The first-order valence-electron chi connectivity index (χ1n) is 10.1. The van der Waals surface area contributed by atoms with Crippen LogP contribution in [0.3, 0.4) is 0 Å². The van der Waals surface area contributed by atoms with E-state index < -0.39 is 0 Å². The molecule has 0 N–H and O–H groups in total. The molecule has 0 spiro atoms. The van der Waals surface area contributed by atoms with Crippen molar-refractivity contribution in [3.8, 4) is 16.9 Å². The van der Waals surface area contributed by atoms with E-state index in [1.807, 2.05) is 56.4 Å². The average molecular weight is 452 g/mol. The first-order chi connectivity index (χ1) is 14.9. The molecule has 1 fully saturated rings. The van der Waals surface area contributed by atoms with Gasteiger partial charge >= 0.3 is 0 Å². The summed E-state index contributed by atoms with van der Waals surface area (Å²) in [6.45, 7) is 5.74. The van der Waals surface area contributed by atoms with E-state index in [0.29, 0.717) is 26.0 Å². The van der Waals surface area contributed by atoms with Gasteiger partial charge in [-0.15, -0.1) is 0 Å². The van der Waals surface area contributed by atoms with Gasteiger partial charge in [0.25, 0.3) is 5.91 Å². The molecule has 0 bridgehead atoms. The molecule has 1 aromatic heterocycles. The van der Waals surface area contributed by atoms with Crippen molar-refractivity contribution >= 4 is 40.3 Å². The number of halogens is 1. The quantitative estimate of drug-likeness (QED) is 0.353. The summed E-state index contributed by atoms with van der Waals surface area (Å²) in [6.07, 6.45) is 4.49. The second-order valence-electron chi connectivity index (χ2n) is 7.49. The summed E-state index contributed by atoms with van der Waals surface area (Å²) in [5.41, 5.74) is 3.44. The monoisotopic (exact) mass is 451 g/mol. The van der Waals surface area contributed by atoms with Gasteiger partial charge in [-0.25, -0.2) is 9.07 Å². The largest absolute Gasteiger partial charge is 0.290 e. The second-order valence-corrected chi connectivity index (χ2v) is 9.16. The number of aryl methyl sites for hydroxylation is 1. The van der Waals surface area contributed by atoms with E-state index in [1.165, 1.54) is 17.8 Å². The van der Waals surface area contributed by atoms with E-state index in [4.69, 9.17) is 17.3 Å². The number of thioether (sulfide) groups is 1. The molecule has 158 valence electrons. The van der Waals surface area contributed by atoms with Gasteiger partial charge in [-0.2, -0.15) is 5.10 Å². The number of benzene rings is 2. The fourth-order valence-corrected chi connectivity index (χ4v) is 4.81. The number of nitrogens with zero attached hydrogens (tertiary/aromatic N) is 3. The summed E-state index contributed by atoms with van der Waals surface area (Å²) in [5.74, 6) is -0.390. The van der Waals surface area contributed by atoms with E-state index in [1.54, 1.807) is 28.6 Å². The number of amides is 1. The number of carbonyl (C=O) groups excluding carboxylic acids is 1. The lowest BCUT2D eigenvalue weighted by molar-refractivity contribution is -0.123. The molecule has 4 rings (SSSR count). The Balaban J connectivity index is 1.82. The lowest BCUT2D eigenvalue weighted by Crippen LogP contribution is -2.36. The minimum atomic E-state index is -0.291. The Kier molecular flexibility index (Phi) is 6.07. The molecule has 0 radical (unpaired) electrons. The highest BCUT2D eigenvalue weighted by atomic mass is 32.2. The third-order valence-electron chi connectivity index (χ3n) is 5.35. The van der Waals surface area contributed by atoms with Gasteiger partial charge in [-0.1, -0.05) is 61.2 Å². The van der Waals surface area contributed by atoms with Gasteiger partial charge in [0, 0.05) is 23.4 Å². The molecule has 1 amide bonds. The summed E-state index contributed by atoms with van der Waals surface area (Å²) >= 11 is 6.74. The van der Waals surface area contributed by atoms with Crippen LogP contribution in [0.15, 0.2) is 59.6 Å². The van der Waals surface area contributed by atoms with Crippen molar-refractivity contribution in [3.63, 3.8) is 0 Å². The van der Waals surface area contributed by atoms with Crippen LogP contribution in [-0.4, -0.2) is 30.9 Å². The van der Waals surface area contributed by atoms with Gasteiger partial charge in [0.05, 0.1) is 10.6 Å². The summed E-state index contributed by atoms with van der Waals surface area (Å²) in [7, 11) is 0. The zero-order valence-electron chi connectivity index (χ0n) is 17.5. The zero-order chi connectivity index (χ0) is 22.1. The molecule has 1 atom stereocenters. The van der Waals surface area contributed by atoms with Crippen LogP contribution in [0.2, 0.25) is 0 Å². The molecule has 1 saturated heterocycles. The molecule has 1 aliphatic heterocycles. The van der Waals surface area contributed by atoms with Crippen molar-refractivity contribution in [3.05, 3.63) is 76.6 Å². The van der Waals surface area contributed by atoms with Crippen LogP contribution in [0.4, 0.5) is 4.39 Å². The third kappa shape index (κ3) is 4.20. The predicted octanol–water partition coefficient (Wildman–Crippen LogP) is 5.99. The number of carbonyl (C=O) groups is 1. The van der Waals surface area contributed by atoms with Crippen LogP contribution < -0.4 is 0 Å². The standard InChI is InChI=1S/C24H22FN3OS2/c1-4-16(3)28-23(29)21(31-24(28)30)13-18-14-27(19-8-6-5-7-9-19)26-22(18)17-11-10-15(2)20(25)12-17/h5-14,16H,4H2,1-3H3/b21-13-/t16-/m0/s1. The van der Waals surface area contributed by atoms with Crippen molar-refractivity contribution in [1.82, 2.24) is 14.7 Å². The van der Waals surface area contributed by atoms with Gasteiger partial charge < -0.3 is 0 Å². The van der Waals surface area contributed by atoms with Crippen LogP contribution in [0.25, 0.3) is 23.0 Å². The number of hydrogen-bond acceptors (Lipinski definition) is 4. The van der Waals surface area contributed by atoms with E-state index in [9.17, 15) is 9.18 Å². The summed E-state index contributed by atoms with van der Waals surface area (Å²) in [5, 5.41) is 4.72. The van der Waals surface area contributed by atoms with Gasteiger partial charge in [-0.3, -0.25) is 9.69 Å². The van der Waals surface area contributed by atoms with E-state index in [0.717, 1.165) is 17.7 Å². The summed E-state index contributed by atoms with van der Waals surface area (Å²) in [4.78, 5) is 15.2. The molecule has 0 unspecified atom stereocenters. The fraction of sp³-hybridized carbons (Fsp3) is 0.208. The van der Waals surface area contributed by atoms with Crippen LogP contribution in [0, 0.1) is 12.7 Å². The Morgan fingerprint density at radius 1 is 1.23 bits per heavy atom. The number of rotatable bonds is 5. The SMILES string of the molecule is CC[C@H](C)N1C(=O)/C(=C/c2cn(-c3ccccc3)nc2-c2ccc(C)c(F)c2)SC1=S.